The van der Waals surface area contributed by atoms with Crippen LogP contribution in [0.25, 0.3) is 0 Å². The van der Waals surface area contributed by atoms with Crippen molar-refractivity contribution in [2.24, 2.45) is 0 Å². The molecule has 2 aromatic rings. The van der Waals surface area contributed by atoms with Gasteiger partial charge < -0.3 is 4.74 Å². The molecule has 1 amide bonds. The molecular weight excluding hydrogens is 298 g/mol. The highest BCUT2D eigenvalue weighted by Gasteiger charge is 2.25. The van der Waals surface area contributed by atoms with E-state index >= 15 is 0 Å². The van der Waals surface area contributed by atoms with Crippen molar-refractivity contribution in [3.63, 3.8) is 0 Å². The minimum absolute atomic E-state index is 0.197. The Bertz CT molecular complexity index is 698. The molecule has 9 heteroatoms. The summed E-state index contributed by atoms with van der Waals surface area (Å²) in [5.41, 5.74) is 0.328. The molecule has 0 aliphatic heterocycles. The molecule has 1 aromatic heterocycles. The van der Waals surface area contributed by atoms with Crippen LogP contribution in [0.5, 0.6) is 5.19 Å². The Balaban J connectivity index is 2.26. The molecular formula is C12H9N3O5S. The van der Waals surface area contributed by atoms with E-state index in [1.165, 1.54) is 0 Å². The number of carbonyl (C=O) groups is 2. The van der Waals surface area contributed by atoms with E-state index in [1.54, 1.807) is 30.3 Å². The summed E-state index contributed by atoms with van der Waals surface area (Å²) >= 11 is 0.565. The molecule has 0 bridgehead atoms. The first-order valence-corrected chi connectivity index (χ1v) is 6.49. The normalized spacial score (nSPS) is 9.95. The molecule has 1 aromatic carbocycles. The fourth-order valence-electron chi connectivity index (χ4n) is 1.43. The van der Waals surface area contributed by atoms with Gasteiger partial charge in [0.2, 0.25) is 5.82 Å². The van der Waals surface area contributed by atoms with Crippen molar-refractivity contribution in [1.82, 2.24) is 4.98 Å². The number of rotatable bonds is 4. The second-order valence-corrected chi connectivity index (χ2v) is 4.74. The summed E-state index contributed by atoms with van der Waals surface area (Å²) in [7, 11) is 0. The molecule has 0 spiro atoms. The van der Waals surface area contributed by atoms with Crippen molar-refractivity contribution in [3.8, 4) is 5.19 Å². The van der Waals surface area contributed by atoms with E-state index in [9.17, 15) is 19.7 Å². The number of benzene rings is 1. The Morgan fingerprint density at radius 3 is 2.57 bits per heavy atom. The van der Waals surface area contributed by atoms with Gasteiger partial charge in [0.15, 0.2) is 0 Å². The van der Waals surface area contributed by atoms with Gasteiger partial charge in [-0.15, -0.1) is 0 Å². The maximum Gasteiger partial charge on any atom is 0.371 e. The predicted octanol–water partition coefficient (Wildman–Crippen LogP) is 2.23. The third-order valence-electron chi connectivity index (χ3n) is 2.25. The van der Waals surface area contributed by atoms with Gasteiger partial charge >= 0.3 is 11.0 Å². The molecule has 2 rings (SSSR count). The molecule has 0 atom stereocenters. The number of aromatic nitrogens is 1. The van der Waals surface area contributed by atoms with Gasteiger partial charge in [0.1, 0.15) is 0 Å². The first kappa shape index (κ1) is 14.6. The SMILES string of the molecule is CC(=O)Oc1nc(NC(=O)c2ccccc2)c([N+](=O)[O-])s1. The molecule has 0 saturated carbocycles. The molecule has 0 saturated heterocycles. The van der Waals surface area contributed by atoms with Crippen LogP contribution in [0, 0.1) is 10.1 Å². The number of hydrogen-bond acceptors (Lipinski definition) is 7. The van der Waals surface area contributed by atoms with Gasteiger partial charge in [0, 0.05) is 12.5 Å². The van der Waals surface area contributed by atoms with Gasteiger partial charge in [0.25, 0.3) is 11.1 Å². The van der Waals surface area contributed by atoms with Gasteiger partial charge in [0.05, 0.1) is 4.92 Å². The Morgan fingerprint density at radius 1 is 1.33 bits per heavy atom. The van der Waals surface area contributed by atoms with Crippen LogP contribution < -0.4 is 10.1 Å². The van der Waals surface area contributed by atoms with E-state index in [4.69, 9.17) is 0 Å². The number of anilines is 1. The Hall–Kier alpha value is -2.81. The van der Waals surface area contributed by atoms with Crippen LogP contribution in [0.15, 0.2) is 30.3 Å². The van der Waals surface area contributed by atoms with E-state index in [-0.39, 0.29) is 11.0 Å². The van der Waals surface area contributed by atoms with E-state index < -0.39 is 21.8 Å². The zero-order chi connectivity index (χ0) is 15.4. The Morgan fingerprint density at radius 2 is 2.00 bits per heavy atom. The Kier molecular flexibility index (Phi) is 4.24. The second-order valence-electron chi connectivity index (χ2n) is 3.80. The number of nitro groups is 1. The van der Waals surface area contributed by atoms with Crippen LogP contribution in [0.2, 0.25) is 0 Å². The molecule has 0 radical (unpaired) electrons. The lowest BCUT2D eigenvalue weighted by Crippen LogP contribution is -2.13. The highest BCUT2D eigenvalue weighted by Crippen LogP contribution is 2.36. The number of nitrogens with one attached hydrogen (secondary N) is 1. The van der Waals surface area contributed by atoms with Crippen molar-refractivity contribution < 1.29 is 19.2 Å². The minimum Gasteiger partial charge on any atom is -0.398 e. The smallest absolute Gasteiger partial charge is 0.371 e. The molecule has 0 aliphatic rings. The van der Waals surface area contributed by atoms with Crippen LogP contribution in [0.4, 0.5) is 10.8 Å². The van der Waals surface area contributed by atoms with Crippen LogP contribution in [-0.4, -0.2) is 21.8 Å². The summed E-state index contributed by atoms with van der Waals surface area (Å²) in [6.45, 7) is 1.15. The zero-order valence-electron chi connectivity index (χ0n) is 10.7. The molecule has 21 heavy (non-hydrogen) atoms. The van der Waals surface area contributed by atoms with E-state index in [1.807, 2.05) is 0 Å². The lowest BCUT2D eigenvalue weighted by atomic mass is 10.2. The summed E-state index contributed by atoms with van der Waals surface area (Å²) in [5, 5.41) is 12.6. The van der Waals surface area contributed by atoms with Gasteiger partial charge in [-0.05, 0) is 23.5 Å². The fraction of sp³-hybridized carbons (Fsp3) is 0.0833. The fourth-order valence-corrected chi connectivity index (χ4v) is 2.16. The predicted molar refractivity (Wildman–Crippen MR) is 74.5 cm³/mol. The summed E-state index contributed by atoms with van der Waals surface area (Å²) in [6.07, 6.45) is 0. The average Bonchev–Trinajstić information content (AvgIpc) is 2.81. The summed E-state index contributed by atoms with van der Waals surface area (Å²) < 4.78 is 4.69. The molecule has 108 valence electrons. The van der Waals surface area contributed by atoms with Gasteiger partial charge in [-0.25, -0.2) is 0 Å². The molecule has 0 fully saturated rings. The van der Waals surface area contributed by atoms with Gasteiger partial charge in [-0.3, -0.25) is 25.0 Å². The number of ether oxygens (including phenoxy) is 1. The highest BCUT2D eigenvalue weighted by molar-refractivity contribution is 7.17. The summed E-state index contributed by atoms with van der Waals surface area (Å²) in [4.78, 5) is 36.7. The van der Waals surface area contributed by atoms with Gasteiger partial charge in [-0.1, -0.05) is 18.2 Å². The minimum atomic E-state index is -0.703. The molecule has 8 nitrogen and oxygen atoms in total. The van der Waals surface area contributed by atoms with E-state index in [2.05, 4.69) is 15.0 Å². The zero-order valence-corrected chi connectivity index (χ0v) is 11.5. The number of amides is 1. The van der Waals surface area contributed by atoms with Crippen molar-refractivity contribution in [1.29, 1.82) is 0 Å². The first-order chi connectivity index (χ1) is 9.97. The summed E-state index contributed by atoms with van der Waals surface area (Å²) in [5.74, 6) is -1.45. The van der Waals surface area contributed by atoms with Crippen LogP contribution in [-0.2, 0) is 4.79 Å². The van der Waals surface area contributed by atoms with Crippen LogP contribution in [0.3, 0.4) is 0 Å². The number of nitrogens with zero attached hydrogens (tertiary/aromatic N) is 2. The quantitative estimate of drug-likeness (QED) is 0.526. The van der Waals surface area contributed by atoms with E-state index in [0.717, 1.165) is 6.92 Å². The first-order valence-electron chi connectivity index (χ1n) is 5.67. The number of carbonyl (C=O) groups excluding carboxylic acids is 2. The van der Waals surface area contributed by atoms with Crippen molar-refractivity contribution in [2.45, 2.75) is 6.92 Å². The van der Waals surface area contributed by atoms with Crippen molar-refractivity contribution in [3.05, 3.63) is 46.0 Å². The Labute approximate surface area is 122 Å². The lowest BCUT2D eigenvalue weighted by Gasteiger charge is -2.01. The maximum atomic E-state index is 11.9. The molecule has 0 aliphatic carbocycles. The number of hydrogen-bond donors (Lipinski definition) is 1. The van der Waals surface area contributed by atoms with E-state index in [0.29, 0.717) is 16.9 Å². The summed E-state index contributed by atoms with van der Waals surface area (Å²) in [6, 6.07) is 8.17. The third-order valence-corrected chi connectivity index (χ3v) is 3.14. The maximum absolute atomic E-state index is 11.9. The highest BCUT2D eigenvalue weighted by atomic mass is 32.1. The molecule has 1 N–H and O–H groups in total. The van der Waals surface area contributed by atoms with Crippen molar-refractivity contribution >= 4 is 34.0 Å². The average molecular weight is 307 g/mol. The van der Waals surface area contributed by atoms with Gasteiger partial charge in [-0.2, -0.15) is 4.98 Å². The topological polar surface area (TPSA) is 111 Å². The molecule has 1 heterocycles. The monoisotopic (exact) mass is 307 g/mol. The molecule has 0 unspecified atom stereocenters. The van der Waals surface area contributed by atoms with Crippen LogP contribution >= 0.6 is 11.3 Å². The lowest BCUT2D eigenvalue weighted by molar-refractivity contribution is -0.379. The number of esters is 1. The second kappa shape index (κ2) is 6.09. The largest absolute Gasteiger partial charge is 0.398 e. The third kappa shape index (κ3) is 3.60. The number of thiazole rings is 1. The van der Waals surface area contributed by atoms with Crippen molar-refractivity contribution in [2.75, 3.05) is 5.32 Å². The van der Waals surface area contributed by atoms with Crippen LogP contribution in [0.1, 0.15) is 17.3 Å². The standard InChI is InChI=1S/C12H9N3O5S/c1-7(16)20-12-14-9(11(21-12)15(18)19)13-10(17)8-5-3-2-4-6-8/h2-6H,1H3,(H,13,17).